The van der Waals surface area contributed by atoms with E-state index in [9.17, 15) is 18.1 Å². The van der Waals surface area contributed by atoms with Gasteiger partial charge in [0.25, 0.3) is 0 Å². The summed E-state index contributed by atoms with van der Waals surface area (Å²) in [6.07, 6.45) is 18.3. The molecule has 1 N–H and O–H groups in total. The van der Waals surface area contributed by atoms with Crippen LogP contribution < -0.4 is 51.4 Å². The fourth-order valence-electron chi connectivity index (χ4n) is 3.60. The van der Waals surface area contributed by atoms with Crippen LogP contribution in [0.15, 0.2) is 0 Å². The van der Waals surface area contributed by atoms with E-state index in [-0.39, 0.29) is 57.5 Å². The summed E-state index contributed by atoms with van der Waals surface area (Å²) >= 11 is 0. The molecule has 4 nitrogen and oxygen atoms in total. The minimum absolute atomic E-state index is 0. The fourth-order valence-corrected chi connectivity index (χ4v) is 4.51. The molecule has 2 unspecified atom stereocenters. The van der Waals surface area contributed by atoms with Gasteiger partial charge in [-0.05, 0) is 25.7 Å². The maximum Gasteiger partial charge on any atom is 1.00 e. The van der Waals surface area contributed by atoms with E-state index in [1.807, 2.05) is 6.92 Å². The molecule has 164 valence electrons. The van der Waals surface area contributed by atoms with Crippen molar-refractivity contribution in [2.75, 3.05) is 0 Å². The van der Waals surface area contributed by atoms with E-state index in [2.05, 4.69) is 6.92 Å². The van der Waals surface area contributed by atoms with Crippen molar-refractivity contribution in [2.45, 2.75) is 141 Å². The Kier molecular flexibility index (Phi) is 24.6. The van der Waals surface area contributed by atoms with Gasteiger partial charge in [-0.1, -0.05) is 104 Å². The Hall–Kier alpha value is 1.51. The van der Waals surface area contributed by atoms with E-state index in [0.29, 0.717) is 12.8 Å². The average Bonchev–Trinajstić information content (AvgIpc) is 2.62. The van der Waals surface area contributed by atoms with Gasteiger partial charge in [-0.25, -0.2) is 8.42 Å². The third kappa shape index (κ3) is 20.8. The topological polar surface area (TPSA) is 77.4 Å². The number of aliphatic hydroxyl groups is 1. The minimum Gasteiger partial charge on any atom is -0.748 e. The molecule has 0 aliphatic rings. The van der Waals surface area contributed by atoms with Crippen LogP contribution in [0.5, 0.6) is 0 Å². The van der Waals surface area contributed by atoms with Gasteiger partial charge in [0.05, 0.1) is 16.2 Å². The Balaban J connectivity index is 0. The van der Waals surface area contributed by atoms with Gasteiger partial charge in [0, 0.05) is 5.25 Å². The molecule has 0 amide bonds. The molecule has 0 fully saturated rings. The van der Waals surface area contributed by atoms with E-state index in [4.69, 9.17) is 0 Å². The van der Waals surface area contributed by atoms with Gasteiger partial charge in [-0.3, -0.25) is 0 Å². The Morgan fingerprint density at radius 3 is 1.39 bits per heavy atom. The molecular formula is C22H45KO4S. The standard InChI is InChI=1S/C22H46O4S.K/c1-3-5-6-7-8-9-13-16-19-22(27(24,25)26)20-17-14-11-10-12-15-18-21(23)4-2;/h21-23H,3-20H2,1-2H3,(H,24,25,26);/q;+1/p-1. The first-order valence-corrected chi connectivity index (χ1v) is 13.0. The van der Waals surface area contributed by atoms with Gasteiger partial charge >= 0.3 is 51.4 Å². The zero-order valence-electron chi connectivity index (χ0n) is 19.0. The number of rotatable bonds is 20. The molecule has 0 aliphatic carbocycles. The second-order valence-corrected chi connectivity index (χ2v) is 9.79. The second kappa shape index (κ2) is 21.7. The van der Waals surface area contributed by atoms with Crippen molar-refractivity contribution < 1.29 is 69.5 Å². The van der Waals surface area contributed by atoms with E-state index < -0.39 is 15.4 Å². The van der Waals surface area contributed by atoms with Crippen molar-refractivity contribution in [1.82, 2.24) is 0 Å². The van der Waals surface area contributed by atoms with E-state index in [0.717, 1.165) is 70.6 Å². The fraction of sp³-hybridized carbons (Fsp3) is 1.00. The normalized spacial score (nSPS) is 13.9. The summed E-state index contributed by atoms with van der Waals surface area (Å²) in [6, 6.07) is 0. The van der Waals surface area contributed by atoms with Crippen LogP contribution in [0.4, 0.5) is 0 Å². The third-order valence-corrected chi connectivity index (χ3v) is 6.86. The van der Waals surface area contributed by atoms with Crippen LogP contribution in [0.3, 0.4) is 0 Å². The number of unbranched alkanes of at least 4 members (excludes halogenated alkanes) is 12. The molecule has 0 spiro atoms. The predicted molar refractivity (Wildman–Crippen MR) is 114 cm³/mol. The summed E-state index contributed by atoms with van der Waals surface area (Å²) in [4.78, 5) is 0. The van der Waals surface area contributed by atoms with Gasteiger partial charge in [0.2, 0.25) is 0 Å². The van der Waals surface area contributed by atoms with Crippen LogP contribution >= 0.6 is 0 Å². The molecule has 0 radical (unpaired) electrons. The number of aliphatic hydroxyl groups excluding tert-OH is 1. The van der Waals surface area contributed by atoms with Crippen molar-refractivity contribution in [3.63, 3.8) is 0 Å². The number of hydrogen-bond donors (Lipinski definition) is 1. The summed E-state index contributed by atoms with van der Waals surface area (Å²) in [5.41, 5.74) is 0. The molecule has 0 bridgehead atoms. The largest absolute Gasteiger partial charge is 1.00 e. The van der Waals surface area contributed by atoms with Gasteiger partial charge in [-0.15, -0.1) is 0 Å². The zero-order chi connectivity index (χ0) is 20.4. The van der Waals surface area contributed by atoms with Crippen molar-refractivity contribution in [3.05, 3.63) is 0 Å². The average molecular weight is 445 g/mol. The van der Waals surface area contributed by atoms with Crippen molar-refractivity contribution in [3.8, 4) is 0 Å². The van der Waals surface area contributed by atoms with E-state index in [1.165, 1.54) is 32.1 Å². The van der Waals surface area contributed by atoms with Gasteiger partial charge in [0.15, 0.2) is 0 Å². The molecular weight excluding hydrogens is 399 g/mol. The monoisotopic (exact) mass is 444 g/mol. The Morgan fingerprint density at radius 1 is 0.679 bits per heavy atom. The van der Waals surface area contributed by atoms with Gasteiger partial charge in [0.1, 0.15) is 0 Å². The SMILES string of the molecule is CCCCCCCCCCC(CCCCCCCCC(O)CC)S(=O)(=O)[O-].[K+]. The number of hydrogen-bond acceptors (Lipinski definition) is 4. The molecule has 0 aromatic heterocycles. The second-order valence-electron chi connectivity index (χ2n) is 8.14. The quantitative estimate of drug-likeness (QED) is 0.177. The molecule has 0 rings (SSSR count). The maximum atomic E-state index is 11.5. The summed E-state index contributed by atoms with van der Waals surface area (Å²) in [7, 11) is -4.16. The minimum atomic E-state index is -4.16. The molecule has 2 atom stereocenters. The summed E-state index contributed by atoms with van der Waals surface area (Å²) in [5.74, 6) is 0. The Bertz CT molecular complexity index is 415. The first-order valence-electron chi connectivity index (χ1n) is 11.5. The molecule has 28 heavy (non-hydrogen) atoms. The molecule has 0 heterocycles. The Morgan fingerprint density at radius 2 is 1.04 bits per heavy atom. The van der Waals surface area contributed by atoms with Gasteiger partial charge in [-0.2, -0.15) is 0 Å². The van der Waals surface area contributed by atoms with Crippen molar-refractivity contribution in [1.29, 1.82) is 0 Å². The molecule has 0 saturated carbocycles. The van der Waals surface area contributed by atoms with Crippen LogP contribution in [0.25, 0.3) is 0 Å². The molecule has 6 heteroatoms. The maximum absolute atomic E-state index is 11.5. The molecule has 0 saturated heterocycles. The van der Waals surface area contributed by atoms with Crippen molar-refractivity contribution in [2.24, 2.45) is 0 Å². The van der Waals surface area contributed by atoms with Crippen LogP contribution in [-0.4, -0.2) is 29.4 Å². The molecule has 0 aliphatic heterocycles. The summed E-state index contributed by atoms with van der Waals surface area (Å²) in [6.45, 7) is 4.21. The zero-order valence-corrected chi connectivity index (χ0v) is 22.9. The summed E-state index contributed by atoms with van der Waals surface area (Å²) < 4.78 is 34.5. The van der Waals surface area contributed by atoms with Crippen LogP contribution in [-0.2, 0) is 10.1 Å². The van der Waals surface area contributed by atoms with Crippen LogP contribution in [0.2, 0.25) is 0 Å². The smallest absolute Gasteiger partial charge is 0.748 e. The predicted octanol–water partition coefficient (Wildman–Crippen LogP) is 3.33. The first kappa shape index (κ1) is 31.7. The van der Waals surface area contributed by atoms with Crippen LogP contribution in [0.1, 0.15) is 129 Å². The summed E-state index contributed by atoms with van der Waals surface area (Å²) in [5, 5.41) is 8.82. The third-order valence-electron chi connectivity index (χ3n) is 5.57. The van der Waals surface area contributed by atoms with Crippen LogP contribution in [0, 0.1) is 0 Å². The Labute approximate surface area is 218 Å². The van der Waals surface area contributed by atoms with Crippen molar-refractivity contribution >= 4 is 10.1 Å². The molecule has 0 aromatic carbocycles. The molecule has 0 aromatic rings. The van der Waals surface area contributed by atoms with E-state index >= 15 is 0 Å². The van der Waals surface area contributed by atoms with E-state index in [1.54, 1.807) is 0 Å². The van der Waals surface area contributed by atoms with Gasteiger partial charge < -0.3 is 9.66 Å². The first-order chi connectivity index (χ1) is 12.9.